The van der Waals surface area contributed by atoms with Crippen LogP contribution in [-0.4, -0.2) is 0 Å². The van der Waals surface area contributed by atoms with Gasteiger partial charge in [0.2, 0.25) is 0 Å². The first-order chi connectivity index (χ1) is 15.0. The van der Waals surface area contributed by atoms with Crippen molar-refractivity contribution in [1.82, 2.24) is 0 Å². The average Bonchev–Trinajstić information content (AvgIpc) is 3.55. The fourth-order valence-electron chi connectivity index (χ4n) is 8.24. The third kappa shape index (κ3) is 3.14. The van der Waals surface area contributed by atoms with Crippen LogP contribution in [0, 0.1) is 58.2 Å². The Morgan fingerprint density at radius 1 is 0.688 bits per heavy atom. The minimum Gasteiger partial charge on any atom is -0.0879 e. The van der Waals surface area contributed by atoms with Crippen LogP contribution in [0.25, 0.3) is 0 Å². The summed E-state index contributed by atoms with van der Waals surface area (Å²) < 4.78 is 0. The van der Waals surface area contributed by atoms with Gasteiger partial charge in [-0.2, -0.15) is 0 Å². The predicted molar refractivity (Wildman–Crippen MR) is 140 cm³/mol. The maximum absolute atomic E-state index is 2.51. The van der Waals surface area contributed by atoms with Crippen LogP contribution in [0.2, 0.25) is 0 Å². The van der Waals surface area contributed by atoms with Crippen LogP contribution in [0.5, 0.6) is 0 Å². The zero-order valence-electron chi connectivity index (χ0n) is 21.9. The van der Waals surface area contributed by atoms with Gasteiger partial charge in [-0.3, -0.25) is 0 Å². The quantitative estimate of drug-likeness (QED) is 0.264. The molecule has 0 nitrogen and oxygen atoms in total. The van der Waals surface area contributed by atoms with Crippen LogP contribution in [-0.2, 0) is 0 Å². The Morgan fingerprint density at radius 2 is 1.22 bits per heavy atom. The summed E-state index contributed by atoms with van der Waals surface area (Å²) in [6.07, 6.45) is 20.4. The van der Waals surface area contributed by atoms with E-state index in [0.29, 0.717) is 10.8 Å². The molecule has 7 aliphatic rings. The Hall–Kier alpha value is -1.30. The molecule has 0 aliphatic heterocycles. The molecule has 176 valence electrons. The minimum absolute atomic E-state index is 0. The zero-order valence-corrected chi connectivity index (χ0v) is 21.9. The molecule has 0 amide bonds. The van der Waals surface area contributed by atoms with Gasteiger partial charge in [-0.25, -0.2) is 0 Å². The zero-order chi connectivity index (χ0) is 23.0. The van der Waals surface area contributed by atoms with Crippen molar-refractivity contribution < 1.29 is 1.43 Å². The van der Waals surface area contributed by atoms with E-state index in [1.807, 2.05) is 11.1 Å². The number of hydrogen-bond acceptors (Lipinski definition) is 0. The van der Waals surface area contributed by atoms with Gasteiger partial charge in [0.05, 0.1) is 0 Å². The molecule has 7 rings (SSSR count). The van der Waals surface area contributed by atoms with Crippen molar-refractivity contribution >= 4 is 0 Å². The maximum Gasteiger partial charge on any atom is 0 e. The lowest BCUT2D eigenvalue weighted by atomic mass is 9.57. The molecule has 0 N–H and O–H groups in total. The van der Waals surface area contributed by atoms with Crippen LogP contribution in [0.1, 0.15) is 82.5 Å². The molecular weight excluding hydrogens is 384 g/mol. The van der Waals surface area contributed by atoms with E-state index in [1.54, 1.807) is 0 Å². The monoisotopic (exact) mass is 433 g/mol. The Morgan fingerprint density at radius 3 is 1.72 bits per heavy atom. The Kier molecular flexibility index (Phi) is 5.35. The molecule has 8 unspecified atom stereocenters. The molecule has 0 heterocycles. The summed E-state index contributed by atoms with van der Waals surface area (Å²) in [7, 11) is 0. The number of allylic oxidation sites excluding steroid dienone is 10. The van der Waals surface area contributed by atoms with Crippen LogP contribution < -0.4 is 0 Å². The highest BCUT2D eigenvalue weighted by Gasteiger charge is 2.64. The minimum atomic E-state index is 0. The summed E-state index contributed by atoms with van der Waals surface area (Å²) in [5.74, 6) is 7.28. The predicted octanol–water partition coefficient (Wildman–Crippen LogP) is 9.18. The fourth-order valence-corrected chi connectivity index (χ4v) is 8.24. The fraction of sp³-hybridized carbons (Fsp3) is 0.688. The van der Waals surface area contributed by atoms with E-state index in [4.69, 9.17) is 0 Å². The highest BCUT2D eigenvalue weighted by atomic mass is 14.7. The standard InChI is InChI=1S/C16H22.C10H12.C6H12.H2/c1-15(2)11-8-12(16(15,3)4)14-10-6-5-9(7-10)13(11)14;1-2-9-7-4-5-8(6-7)10(9)3-1;1-5(2)6(3)4;/h5-6,9-12H,7-8H2,1-4H3;1-2,4-5,7-10H,3,6H2;1-4H3;1H/i;;;1+1. The molecule has 2 saturated carbocycles. The summed E-state index contributed by atoms with van der Waals surface area (Å²) in [5.41, 5.74) is 7.65. The molecule has 8 atom stereocenters. The Labute approximate surface area is 199 Å². The van der Waals surface area contributed by atoms with E-state index in [-0.39, 0.29) is 1.43 Å². The van der Waals surface area contributed by atoms with E-state index in [2.05, 4.69) is 91.8 Å². The number of rotatable bonds is 0. The average molecular weight is 434 g/mol. The molecule has 6 bridgehead atoms. The lowest BCUT2D eigenvalue weighted by Crippen LogP contribution is -2.40. The number of hydrogen-bond donors (Lipinski definition) is 0. The van der Waals surface area contributed by atoms with Gasteiger partial charge in [0.25, 0.3) is 0 Å². The molecule has 0 radical (unpaired) electrons. The SMILES string of the molecule is C1=CC2C3C=CC(C3)C2C1.CC(C)=C(C)C.CC1(C)C2CC(C3=C2C2C=CC3C2)C1(C)C.[2HH]. The molecule has 0 aromatic heterocycles. The second kappa shape index (κ2) is 7.61. The van der Waals surface area contributed by atoms with Gasteiger partial charge < -0.3 is 0 Å². The smallest absolute Gasteiger partial charge is 0 e. The lowest BCUT2D eigenvalue weighted by molar-refractivity contribution is 0.0827. The molecule has 0 saturated heterocycles. The maximum atomic E-state index is 2.51. The molecular formula is C32H48. The molecule has 0 spiro atoms. The van der Waals surface area contributed by atoms with Crippen molar-refractivity contribution in [3.05, 3.63) is 58.7 Å². The van der Waals surface area contributed by atoms with Crippen LogP contribution in [0.3, 0.4) is 0 Å². The topological polar surface area (TPSA) is 0 Å². The van der Waals surface area contributed by atoms with E-state index in [1.165, 1.54) is 36.8 Å². The summed E-state index contributed by atoms with van der Waals surface area (Å²) in [6, 6.07) is 0. The summed E-state index contributed by atoms with van der Waals surface area (Å²) in [6.45, 7) is 18.5. The molecule has 2 fully saturated rings. The highest BCUT2D eigenvalue weighted by Crippen LogP contribution is 2.73. The van der Waals surface area contributed by atoms with Gasteiger partial charge in [0.1, 0.15) is 0 Å². The third-order valence-corrected chi connectivity index (χ3v) is 11.3. The molecule has 0 aromatic rings. The van der Waals surface area contributed by atoms with Gasteiger partial charge in [0, 0.05) is 1.43 Å². The molecule has 0 heteroatoms. The molecule has 7 aliphatic carbocycles. The van der Waals surface area contributed by atoms with E-state index >= 15 is 0 Å². The van der Waals surface area contributed by atoms with E-state index in [9.17, 15) is 0 Å². The third-order valence-electron chi connectivity index (χ3n) is 11.3. The molecule has 0 aromatic carbocycles. The molecule has 32 heavy (non-hydrogen) atoms. The van der Waals surface area contributed by atoms with Gasteiger partial charge in [-0.05, 0) is 112 Å². The Bertz CT molecular complexity index is 880. The van der Waals surface area contributed by atoms with Crippen LogP contribution in [0.15, 0.2) is 58.7 Å². The number of fused-ring (bicyclic) bond motifs is 13. The van der Waals surface area contributed by atoms with Crippen molar-refractivity contribution in [2.45, 2.75) is 81.1 Å². The van der Waals surface area contributed by atoms with Gasteiger partial charge in [0.15, 0.2) is 0 Å². The van der Waals surface area contributed by atoms with E-state index in [0.717, 1.165) is 47.3 Å². The summed E-state index contributed by atoms with van der Waals surface area (Å²) in [4.78, 5) is 0. The van der Waals surface area contributed by atoms with Gasteiger partial charge in [-0.15, -0.1) is 0 Å². The second-order valence-corrected chi connectivity index (χ2v) is 13.4. The first-order valence-corrected chi connectivity index (χ1v) is 13.4. The van der Waals surface area contributed by atoms with Gasteiger partial charge in [-0.1, -0.05) is 86.4 Å². The second-order valence-electron chi connectivity index (χ2n) is 13.4. The van der Waals surface area contributed by atoms with Crippen molar-refractivity contribution in [3.8, 4) is 0 Å². The van der Waals surface area contributed by atoms with Crippen molar-refractivity contribution in [2.75, 3.05) is 0 Å². The van der Waals surface area contributed by atoms with Gasteiger partial charge >= 0.3 is 0 Å². The summed E-state index contributed by atoms with van der Waals surface area (Å²) >= 11 is 0. The van der Waals surface area contributed by atoms with Crippen molar-refractivity contribution in [1.29, 1.82) is 0 Å². The lowest BCUT2D eigenvalue weighted by Gasteiger charge is -2.47. The van der Waals surface area contributed by atoms with E-state index < -0.39 is 0 Å². The summed E-state index contributed by atoms with van der Waals surface area (Å²) in [5, 5.41) is 0. The van der Waals surface area contributed by atoms with Crippen molar-refractivity contribution in [3.63, 3.8) is 0 Å². The Balaban J connectivity index is 0.000000131. The highest BCUT2D eigenvalue weighted by molar-refractivity contribution is 5.48. The first kappa shape index (κ1) is 22.5. The first-order valence-electron chi connectivity index (χ1n) is 13.4. The van der Waals surface area contributed by atoms with Crippen molar-refractivity contribution in [2.24, 2.45) is 58.2 Å². The normalized spacial score (nSPS) is 43.1. The van der Waals surface area contributed by atoms with Crippen LogP contribution >= 0.6 is 0 Å². The van der Waals surface area contributed by atoms with Crippen LogP contribution in [0.4, 0.5) is 0 Å². The largest absolute Gasteiger partial charge is 0.0879 e.